The molecular weight excluding hydrogens is 334 g/mol. The number of hydrogen-bond donors (Lipinski definition) is 0. The molecule has 0 aliphatic carbocycles. The molecule has 2 aliphatic rings. The maximum absolute atomic E-state index is 13.0. The zero-order chi connectivity index (χ0) is 17.9. The first-order chi connectivity index (χ1) is 12.0. The van der Waals surface area contributed by atoms with Crippen molar-refractivity contribution in [3.63, 3.8) is 0 Å². The third-order valence-electron chi connectivity index (χ3n) is 5.48. The van der Waals surface area contributed by atoms with Crippen LogP contribution in [-0.2, 0) is 16.8 Å². The van der Waals surface area contributed by atoms with Crippen molar-refractivity contribution < 1.29 is 8.42 Å². The van der Waals surface area contributed by atoms with Crippen LogP contribution in [0.1, 0.15) is 37.3 Å². The second kappa shape index (κ2) is 8.16. The largest absolute Gasteiger partial charge is 0.298 e. The Balaban J connectivity index is 1.62. The molecule has 1 aromatic rings. The monoisotopic (exact) mass is 365 g/mol. The van der Waals surface area contributed by atoms with Crippen molar-refractivity contribution in [3.05, 3.63) is 35.4 Å². The van der Waals surface area contributed by atoms with Gasteiger partial charge < -0.3 is 0 Å². The van der Waals surface area contributed by atoms with Gasteiger partial charge in [-0.15, -0.1) is 0 Å². The fourth-order valence-corrected chi connectivity index (χ4v) is 5.69. The van der Waals surface area contributed by atoms with E-state index in [-0.39, 0.29) is 0 Å². The zero-order valence-corrected chi connectivity index (χ0v) is 16.3. The summed E-state index contributed by atoms with van der Waals surface area (Å²) in [6.07, 6.45) is 3.01. The molecule has 0 amide bonds. The maximum Gasteiger partial charge on any atom is 0.282 e. The molecular formula is C19H31N3O2S. The molecule has 6 heteroatoms. The summed E-state index contributed by atoms with van der Waals surface area (Å²) in [5, 5.41) is 0. The van der Waals surface area contributed by atoms with E-state index < -0.39 is 10.2 Å². The van der Waals surface area contributed by atoms with Crippen LogP contribution >= 0.6 is 0 Å². The van der Waals surface area contributed by atoms with E-state index in [9.17, 15) is 8.42 Å². The van der Waals surface area contributed by atoms with Crippen molar-refractivity contribution in [2.75, 3.05) is 39.3 Å². The summed E-state index contributed by atoms with van der Waals surface area (Å²) in [5.41, 5.74) is 2.64. The number of nitrogens with zero attached hydrogens (tertiary/aromatic N) is 3. The molecule has 0 spiro atoms. The van der Waals surface area contributed by atoms with E-state index in [1.807, 2.05) is 0 Å². The minimum absolute atomic E-state index is 0.466. The number of rotatable bonds is 4. The number of piperidine rings is 1. The lowest BCUT2D eigenvalue weighted by Gasteiger charge is -2.34. The number of benzene rings is 1. The summed E-state index contributed by atoms with van der Waals surface area (Å²) in [6, 6.07) is 8.45. The molecule has 1 atom stereocenters. The zero-order valence-electron chi connectivity index (χ0n) is 15.5. The van der Waals surface area contributed by atoms with Crippen molar-refractivity contribution in [3.8, 4) is 0 Å². The van der Waals surface area contributed by atoms with E-state index in [1.54, 1.807) is 8.61 Å². The van der Waals surface area contributed by atoms with Gasteiger partial charge in [-0.25, -0.2) is 0 Å². The Hall–Kier alpha value is -0.950. The highest BCUT2D eigenvalue weighted by Crippen LogP contribution is 2.22. The molecule has 2 fully saturated rings. The lowest BCUT2D eigenvalue weighted by molar-refractivity contribution is 0.253. The van der Waals surface area contributed by atoms with E-state index in [0.717, 1.165) is 38.9 Å². The van der Waals surface area contributed by atoms with Crippen LogP contribution in [0.25, 0.3) is 0 Å². The Morgan fingerprint density at radius 3 is 2.52 bits per heavy atom. The van der Waals surface area contributed by atoms with Gasteiger partial charge >= 0.3 is 0 Å². The highest BCUT2D eigenvalue weighted by molar-refractivity contribution is 7.86. The fourth-order valence-electron chi connectivity index (χ4n) is 3.88. The Morgan fingerprint density at radius 2 is 1.76 bits per heavy atom. The second-order valence-corrected chi connectivity index (χ2v) is 9.50. The second-order valence-electron chi connectivity index (χ2n) is 7.57. The van der Waals surface area contributed by atoms with Crippen LogP contribution in [0.2, 0.25) is 0 Å². The van der Waals surface area contributed by atoms with E-state index >= 15 is 0 Å². The molecule has 0 radical (unpaired) electrons. The van der Waals surface area contributed by atoms with Crippen molar-refractivity contribution in [1.82, 2.24) is 13.5 Å². The van der Waals surface area contributed by atoms with E-state index in [4.69, 9.17) is 0 Å². The van der Waals surface area contributed by atoms with Gasteiger partial charge in [-0.3, -0.25) is 4.90 Å². The summed E-state index contributed by atoms with van der Waals surface area (Å²) in [6.45, 7) is 9.53. The van der Waals surface area contributed by atoms with Gasteiger partial charge in [0.25, 0.3) is 10.2 Å². The van der Waals surface area contributed by atoms with E-state index in [1.165, 1.54) is 11.1 Å². The Bertz CT molecular complexity index is 677. The van der Waals surface area contributed by atoms with E-state index in [2.05, 4.69) is 43.0 Å². The molecule has 0 bridgehead atoms. The van der Waals surface area contributed by atoms with Crippen molar-refractivity contribution in [2.45, 2.75) is 39.7 Å². The summed E-state index contributed by atoms with van der Waals surface area (Å²) < 4.78 is 29.4. The van der Waals surface area contributed by atoms with Crippen LogP contribution < -0.4 is 0 Å². The molecule has 2 aliphatic heterocycles. The van der Waals surface area contributed by atoms with Crippen LogP contribution in [0.15, 0.2) is 24.3 Å². The summed E-state index contributed by atoms with van der Waals surface area (Å²) in [4.78, 5) is 2.39. The normalized spacial score (nSPS) is 25.0. The van der Waals surface area contributed by atoms with Crippen molar-refractivity contribution in [1.29, 1.82) is 0 Å². The minimum atomic E-state index is -3.31. The molecule has 140 valence electrons. The molecule has 0 N–H and O–H groups in total. The number of hydrogen-bond acceptors (Lipinski definition) is 3. The van der Waals surface area contributed by atoms with E-state index in [0.29, 0.717) is 32.1 Å². The third kappa shape index (κ3) is 4.61. The lowest BCUT2D eigenvalue weighted by Crippen LogP contribution is -2.48. The molecule has 25 heavy (non-hydrogen) atoms. The topological polar surface area (TPSA) is 43.9 Å². The highest BCUT2D eigenvalue weighted by Gasteiger charge is 2.33. The average molecular weight is 366 g/mol. The smallest absolute Gasteiger partial charge is 0.282 e. The lowest BCUT2D eigenvalue weighted by atomic mass is 10.0. The van der Waals surface area contributed by atoms with Gasteiger partial charge in [0.05, 0.1) is 0 Å². The average Bonchev–Trinajstić information content (AvgIpc) is 2.83. The fraction of sp³-hybridized carbons (Fsp3) is 0.684. The Labute approximate surface area is 152 Å². The summed E-state index contributed by atoms with van der Waals surface area (Å²) in [7, 11) is -3.31. The molecule has 5 nitrogen and oxygen atoms in total. The van der Waals surface area contributed by atoms with Crippen molar-refractivity contribution in [2.24, 2.45) is 5.92 Å². The third-order valence-corrected chi connectivity index (χ3v) is 7.48. The summed E-state index contributed by atoms with van der Waals surface area (Å²) >= 11 is 0. The molecule has 0 aromatic heterocycles. The van der Waals surface area contributed by atoms with Gasteiger partial charge in [0.2, 0.25) is 0 Å². The summed E-state index contributed by atoms with van der Waals surface area (Å²) in [5.74, 6) is 0.466. The van der Waals surface area contributed by atoms with Crippen LogP contribution in [0.3, 0.4) is 0 Å². The Morgan fingerprint density at radius 1 is 1.00 bits per heavy atom. The van der Waals surface area contributed by atoms with Gasteiger partial charge in [-0.1, -0.05) is 31.2 Å². The molecule has 3 rings (SSSR count). The number of aryl methyl sites for hydroxylation is 1. The molecule has 2 heterocycles. The Kier molecular flexibility index (Phi) is 6.15. The van der Waals surface area contributed by atoms with Crippen LogP contribution in [0.4, 0.5) is 0 Å². The van der Waals surface area contributed by atoms with Gasteiger partial charge in [0.15, 0.2) is 0 Å². The molecule has 2 saturated heterocycles. The predicted octanol–water partition coefficient (Wildman–Crippen LogP) is 2.48. The van der Waals surface area contributed by atoms with Crippen LogP contribution in [0.5, 0.6) is 0 Å². The quantitative estimate of drug-likeness (QED) is 0.823. The molecule has 1 aromatic carbocycles. The first-order valence-electron chi connectivity index (χ1n) is 9.49. The molecule has 0 saturated carbocycles. The minimum Gasteiger partial charge on any atom is -0.298 e. The predicted molar refractivity (Wildman–Crippen MR) is 102 cm³/mol. The van der Waals surface area contributed by atoms with Gasteiger partial charge in [-0.05, 0) is 49.8 Å². The highest BCUT2D eigenvalue weighted by atomic mass is 32.2. The van der Waals surface area contributed by atoms with Gasteiger partial charge in [0, 0.05) is 39.3 Å². The standard InChI is InChI=1S/C19H31N3O2S/c1-17-7-5-11-22(15-17)25(23,24)21-12-6-10-20(13-14-21)16-19-9-4-3-8-18(19)2/h3-4,8-9,17H,5-7,10-16H2,1-2H3/t17-/m1/s1. The van der Waals surface area contributed by atoms with Crippen molar-refractivity contribution >= 4 is 10.2 Å². The van der Waals surface area contributed by atoms with Gasteiger partial charge in [0.1, 0.15) is 0 Å². The SMILES string of the molecule is Cc1ccccc1CN1CCCN(S(=O)(=O)N2CCC[C@@H](C)C2)CC1. The maximum atomic E-state index is 13.0. The first kappa shape index (κ1) is 18.8. The van der Waals surface area contributed by atoms with Gasteiger partial charge in [-0.2, -0.15) is 17.0 Å². The molecule has 0 unspecified atom stereocenters. The first-order valence-corrected chi connectivity index (χ1v) is 10.9. The van der Waals surface area contributed by atoms with Crippen LogP contribution in [-0.4, -0.2) is 61.2 Å². The van der Waals surface area contributed by atoms with Crippen LogP contribution in [0, 0.1) is 12.8 Å².